The van der Waals surface area contributed by atoms with E-state index in [4.69, 9.17) is 4.74 Å². The van der Waals surface area contributed by atoms with Gasteiger partial charge in [-0.3, -0.25) is 0 Å². The van der Waals surface area contributed by atoms with Crippen molar-refractivity contribution in [2.45, 2.75) is 47.1 Å². The van der Waals surface area contributed by atoms with E-state index in [2.05, 4.69) is 68.0 Å². The molecule has 0 aromatic heterocycles. The Balaban J connectivity index is 3.17. The van der Waals surface area contributed by atoms with Gasteiger partial charge in [0.05, 0.1) is 7.11 Å². The van der Waals surface area contributed by atoms with E-state index in [9.17, 15) is 0 Å². The second-order valence-corrected chi connectivity index (χ2v) is 7.07. The minimum atomic E-state index is 0.273. The van der Waals surface area contributed by atoms with Gasteiger partial charge in [0, 0.05) is 16.1 Å². The SMILES string of the molecule is CCNC(CC(C)(C)C)c1cc(Br)c(C)cc1OC. The van der Waals surface area contributed by atoms with Crippen molar-refractivity contribution in [3.05, 3.63) is 27.7 Å². The van der Waals surface area contributed by atoms with E-state index in [0.717, 1.165) is 23.2 Å². The molecular formula is C16H26BrNO. The van der Waals surface area contributed by atoms with Crippen molar-refractivity contribution in [2.24, 2.45) is 5.41 Å². The molecule has 3 heteroatoms. The fourth-order valence-electron chi connectivity index (χ4n) is 2.27. The molecule has 0 spiro atoms. The third kappa shape index (κ3) is 4.81. The number of benzene rings is 1. The average Bonchev–Trinajstić information content (AvgIpc) is 2.30. The fourth-order valence-corrected chi connectivity index (χ4v) is 2.63. The van der Waals surface area contributed by atoms with Crippen molar-refractivity contribution in [1.29, 1.82) is 0 Å². The molecular weight excluding hydrogens is 302 g/mol. The summed E-state index contributed by atoms with van der Waals surface area (Å²) in [5, 5.41) is 3.58. The Morgan fingerprint density at radius 2 is 1.95 bits per heavy atom. The van der Waals surface area contributed by atoms with Crippen LogP contribution in [0.2, 0.25) is 0 Å². The zero-order valence-corrected chi connectivity index (χ0v) is 14.5. The van der Waals surface area contributed by atoms with Gasteiger partial charge < -0.3 is 10.1 Å². The van der Waals surface area contributed by atoms with Crippen molar-refractivity contribution in [3.63, 3.8) is 0 Å². The minimum Gasteiger partial charge on any atom is -0.496 e. The van der Waals surface area contributed by atoms with Gasteiger partial charge in [-0.25, -0.2) is 0 Å². The van der Waals surface area contributed by atoms with Crippen molar-refractivity contribution < 1.29 is 4.74 Å². The molecule has 1 unspecified atom stereocenters. The normalized spacial score (nSPS) is 13.4. The van der Waals surface area contributed by atoms with Gasteiger partial charge in [0.25, 0.3) is 0 Å². The van der Waals surface area contributed by atoms with Crippen LogP contribution in [-0.4, -0.2) is 13.7 Å². The smallest absolute Gasteiger partial charge is 0.123 e. The summed E-state index contributed by atoms with van der Waals surface area (Å²) in [4.78, 5) is 0. The standard InChI is InChI=1S/C16H26BrNO/c1-7-18-14(10-16(3,4)5)12-9-13(17)11(2)8-15(12)19-6/h8-9,14,18H,7,10H2,1-6H3. The molecule has 1 rings (SSSR count). The number of halogens is 1. The average molecular weight is 328 g/mol. The highest BCUT2D eigenvalue weighted by Gasteiger charge is 2.22. The van der Waals surface area contributed by atoms with E-state index in [1.54, 1.807) is 7.11 Å². The van der Waals surface area contributed by atoms with Gasteiger partial charge in [-0.15, -0.1) is 0 Å². The summed E-state index contributed by atoms with van der Waals surface area (Å²) in [5.41, 5.74) is 2.71. The maximum Gasteiger partial charge on any atom is 0.123 e. The molecule has 0 aliphatic carbocycles. The lowest BCUT2D eigenvalue weighted by Crippen LogP contribution is -2.26. The molecule has 0 amide bonds. The predicted octanol–water partition coefficient (Wildman–Crippen LogP) is 4.85. The monoisotopic (exact) mass is 327 g/mol. The van der Waals surface area contributed by atoms with Gasteiger partial charge in [-0.05, 0) is 43.0 Å². The second kappa shape index (κ2) is 6.76. The van der Waals surface area contributed by atoms with Crippen molar-refractivity contribution >= 4 is 15.9 Å². The highest BCUT2D eigenvalue weighted by atomic mass is 79.9. The van der Waals surface area contributed by atoms with Crippen LogP contribution in [0.4, 0.5) is 0 Å². The van der Waals surface area contributed by atoms with Gasteiger partial charge >= 0.3 is 0 Å². The van der Waals surface area contributed by atoms with Crippen LogP contribution >= 0.6 is 15.9 Å². The number of nitrogens with one attached hydrogen (secondary N) is 1. The number of hydrogen-bond donors (Lipinski definition) is 1. The minimum absolute atomic E-state index is 0.273. The van der Waals surface area contributed by atoms with Crippen molar-refractivity contribution in [2.75, 3.05) is 13.7 Å². The van der Waals surface area contributed by atoms with E-state index in [1.165, 1.54) is 11.1 Å². The van der Waals surface area contributed by atoms with Crippen LogP contribution in [-0.2, 0) is 0 Å². The third-order valence-corrected chi connectivity index (χ3v) is 4.01. The number of ether oxygens (including phenoxy) is 1. The zero-order valence-electron chi connectivity index (χ0n) is 12.9. The first-order valence-electron chi connectivity index (χ1n) is 6.86. The number of methoxy groups -OCH3 is 1. The summed E-state index contributed by atoms with van der Waals surface area (Å²) in [7, 11) is 1.74. The molecule has 19 heavy (non-hydrogen) atoms. The van der Waals surface area contributed by atoms with Gasteiger partial charge in [-0.1, -0.05) is 43.6 Å². The number of hydrogen-bond acceptors (Lipinski definition) is 2. The van der Waals surface area contributed by atoms with Crippen LogP contribution in [0.3, 0.4) is 0 Å². The van der Waals surface area contributed by atoms with Crippen LogP contribution in [0.15, 0.2) is 16.6 Å². The maximum atomic E-state index is 5.56. The van der Waals surface area contributed by atoms with Crippen molar-refractivity contribution in [1.82, 2.24) is 5.32 Å². The van der Waals surface area contributed by atoms with Crippen LogP contribution in [0, 0.1) is 12.3 Å². The van der Waals surface area contributed by atoms with Crippen LogP contribution < -0.4 is 10.1 Å². The van der Waals surface area contributed by atoms with E-state index in [-0.39, 0.29) is 5.41 Å². The molecule has 0 aliphatic rings. The molecule has 0 heterocycles. The summed E-state index contributed by atoms with van der Waals surface area (Å²) < 4.78 is 6.70. The van der Waals surface area contributed by atoms with Crippen LogP contribution in [0.5, 0.6) is 5.75 Å². The summed E-state index contributed by atoms with van der Waals surface area (Å²) >= 11 is 3.63. The lowest BCUT2D eigenvalue weighted by Gasteiger charge is -2.28. The largest absolute Gasteiger partial charge is 0.496 e. The predicted molar refractivity (Wildman–Crippen MR) is 85.9 cm³/mol. The molecule has 0 bridgehead atoms. The third-order valence-electron chi connectivity index (χ3n) is 3.15. The maximum absolute atomic E-state index is 5.56. The molecule has 2 nitrogen and oxygen atoms in total. The van der Waals surface area contributed by atoms with Crippen LogP contribution in [0.25, 0.3) is 0 Å². The summed E-state index contributed by atoms with van der Waals surface area (Å²) in [5.74, 6) is 0.968. The Morgan fingerprint density at radius 1 is 1.32 bits per heavy atom. The van der Waals surface area contributed by atoms with E-state index >= 15 is 0 Å². The second-order valence-electron chi connectivity index (χ2n) is 6.22. The molecule has 108 valence electrons. The van der Waals surface area contributed by atoms with Gasteiger partial charge in [0.15, 0.2) is 0 Å². The Hall–Kier alpha value is -0.540. The van der Waals surface area contributed by atoms with Gasteiger partial charge in [0.1, 0.15) is 5.75 Å². The van der Waals surface area contributed by atoms with E-state index < -0.39 is 0 Å². The van der Waals surface area contributed by atoms with Gasteiger partial charge in [0.2, 0.25) is 0 Å². The van der Waals surface area contributed by atoms with Crippen molar-refractivity contribution in [3.8, 4) is 5.75 Å². The zero-order chi connectivity index (χ0) is 14.6. The van der Waals surface area contributed by atoms with E-state index in [0.29, 0.717) is 6.04 Å². The van der Waals surface area contributed by atoms with Gasteiger partial charge in [-0.2, -0.15) is 0 Å². The highest BCUT2D eigenvalue weighted by molar-refractivity contribution is 9.10. The summed E-state index contributed by atoms with van der Waals surface area (Å²) in [6, 6.07) is 4.61. The number of rotatable bonds is 5. The van der Waals surface area contributed by atoms with Crippen LogP contribution in [0.1, 0.15) is 51.3 Å². The first-order chi connectivity index (χ1) is 8.78. The Bertz CT molecular complexity index is 423. The summed E-state index contributed by atoms with van der Waals surface area (Å²) in [6.07, 6.45) is 1.08. The molecule has 0 saturated heterocycles. The topological polar surface area (TPSA) is 21.3 Å². The molecule has 1 N–H and O–H groups in total. The fraction of sp³-hybridized carbons (Fsp3) is 0.625. The lowest BCUT2D eigenvalue weighted by atomic mass is 9.85. The molecule has 1 aromatic carbocycles. The number of aryl methyl sites for hydroxylation is 1. The Labute approximate surface area is 126 Å². The first kappa shape index (κ1) is 16.5. The summed E-state index contributed by atoms with van der Waals surface area (Å²) in [6.45, 7) is 12.0. The lowest BCUT2D eigenvalue weighted by molar-refractivity contribution is 0.306. The molecule has 0 radical (unpaired) electrons. The molecule has 0 fully saturated rings. The molecule has 0 saturated carbocycles. The molecule has 0 aliphatic heterocycles. The first-order valence-corrected chi connectivity index (χ1v) is 7.65. The molecule has 1 atom stereocenters. The molecule has 1 aromatic rings. The van der Waals surface area contributed by atoms with E-state index in [1.807, 2.05) is 0 Å². The quantitative estimate of drug-likeness (QED) is 0.834. The Morgan fingerprint density at radius 3 is 2.42 bits per heavy atom. The Kier molecular flexibility index (Phi) is 5.87. The highest BCUT2D eigenvalue weighted by Crippen LogP contribution is 2.36.